The maximum atomic E-state index is 13.1. The van der Waals surface area contributed by atoms with Gasteiger partial charge in [0.25, 0.3) is 0 Å². The second-order valence-electron chi connectivity index (χ2n) is 6.93. The molecule has 0 saturated carbocycles. The van der Waals surface area contributed by atoms with Crippen molar-refractivity contribution < 1.29 is 53.9 Å². The Morgan fingerprint density at radius 3 is 1.91 bits per heavy atom. The van der Waals surface area contributed by atoms with E-state index in [1.54, 1.807) is 0 Å². The number of benzene rings is 2. The fraction of sp³-hybridized carbons (Fsp3) is 0.300. The third-order valence-electron chi connectivity index (χ3n) is 4.71. The predicted molar refractivity (Wildman–Crippen MR) is 94.2 cm³/mol. The van der Waals surface area contributed by atoms with Crippen LogP contribution in [0, 0.1) is 0 Å². The summed E-state index contributed by atoms with van der Waals surface area (Å²) in [5.41, 5.74) is -5.66. The van der Waals surface area contributed by atoms with Gasteiger partial charge in [-0.1, -0.05) is 11.2 Å². The van der Waals surface area contributed by atoms with Crippen LogP contribution in [0.1, 0.15) is 50.7 Å². The van der Waals surface area contributed by atoms with Crippen molar-refractivity contribution >= 4 is 11.7 Å². The highest BCUT2D eigenvalue weighted by atomic mass is 19.4. The summed E-state index contributed by atoms with van der Waals surface area (Å²) in [6.45, 7) is 0. The molecule has 0 N–H and O–H groups in total. The van der Waals surface area contributed by atoms with Gasteiger partial charge in [-0.05, 0) is 35.9 Å². The Morgan fingerprint density at radius 2 is 1.42 bits per heavy atom. The summed E-state index contributed by atoms with van der Waals surface area (Å²) in [4.78, 5) is 17.0. The number of nitrogens with zero attached hydrogens (tertiary/aromatic N) is 1. The van der Waals surface area contributed by atoms with E-state index in [4.69, 9.17) is 4.84 Å². The first-order chi connectivity index (χ1) is 15.1. The number of alkyl halides is 9. The fourth-order valence-corrected chi connectivity index (χ4v) is 3.13. The van der Waals surface area contributed by atoms with Gasteiger partial charge in [0.15, 0.2) is 6.10 Å². The van der Waals surface area contributed by atoms with E-state index < -0.39 is 64.8 Å². The van der Waals surface area contributed by atoms with Crippen LogP contribution in [0.15, 0.2) is 41.6 Å². The zero-order valence-electron chi connectivity index (χ0n) is 16.3. The second-order valence-corrected chi connectivity index (χ2v) is 6.93. The molecule has 178 valence electrons. The van der Waals surface area contributed by atoms with Crippen molar-refractivity contribution in [2.75, 3.05) is 7.11 Å². The highest BCUT2D eigenvalue weighted by Crippen LogP contribution is 2.40. The maximum Gasteiger partial charge on any atom is 0.416 e. The molecule has 0 aromatic heterocycles. The van der Waals surface area contributed by atoms with Crippen molar-refractivity contribution in [1.82, 2.24) is 0 Å². The average Bonchev–Trinajstić information content (AvgIpc) is 3.20. The van der Waals surface area contributed by atoms with E-state index in [0.29, 0.717) is 24.3 Å². The monoisotopic (exact) mass is 485 g/mol. The molecule has 0 aliphatic carbocycles. The van der Waals surface area contributed by atoms with Gasteiger partial charge in [0, 0.05) is 12.0 Å². The number of methoxy groups -OCH3 is 1. The van der Waals surface area contributed by atoms with Crippen LogP contribution >= 0.6 is 0 Å². The first kappa shape index (κ1) is 24.4. The highest BCUT2D eigenvalue weighted by Gasteiger charge is 2.39. The number of oxime groups is 1. The summed E-state index contributed by atoms with van der Waals surface area (Å²) >= 11 is 0. The molecule has 1 heterocycles. The molecule has 0 amide bonds. The van der Waals surface area contributed by atoms with E-state index in [-0.39, 0.29) is 17.3 Å². The lowest BCUT2D eigenvalue weighted by Gasteiger charge is -2.16. The molecular weight excluding hydrogens is 473 g/mol. The zero-order valence-corrected chi connectivity index (χ0v) is 16.3. The van der Waals surface area contributed by atoms with Gasteiger partial charge in [0.05, 0.1) is 35.1 Å². The number of rotatable bonds is 3. The molecule has 2 aromatic carbocycles. The summed E-state index contributed by atoms with van der Waals surface area (Å²) in [6.07, 6.45) is -16.8. The van der Waals surface area contributed by atoms with Gasteiger partial charge >= 0.3 is 24.5 Å². The summed E-state index contributed by atoms with van der Waals surface area (Å²) in [5.74, 6) is -1.15. The molecule has 3 rings (SSSR count). The Hall–Kier alpha value is -3.25. The van der Waals surface area contributed by atoms with E-state index in [9.17, 15) is 44.3 Å². The average molecular weight is 485 g/mol. The Balaban J connectivity index is 1.99. The van der Waals surface area contributed by atoms with Crippen LogP contribution in [0.5, 0.6) is 0 Å². The fourth-order valence-electron chi connectivity index (χ4n) is 3.13. The first-order valence-electron chi connectivity index (χ1n) is 8.93. The molecule has 1 atom stereocenters. The molecule has 1 unspecified atom stereocenters. The number of carbonyl (C=O) groups is 1. The van der Waals surface area contributed by atoms with Crippen molar-refractivity contribution in [1.29, 1.82) is 0 Å². The molecule has 13 heteroatoms. The number of carbonyl (C=O) groups excluding carboxylic acids is 1. The van der Waals surface area contributed by atoms with Crippen molar-refractivity contribution in [3.63, 3.8) is 0 Å². The Bertz CT molecular complexity index is 1070. The summed E-state index contributed by atoms with van der Waals surface area (Å²) < 4.78 is 122. The van der Waals surface area contributed by atoms with E-state index in [0.717, 1.165) is 13.2 Å². The van der Waals surface area contributed by atoms with Gasteiger partial charge < -0.3 is 9.57 Å². The van der Waals surface area contributed by atoms with Crippen LogP contribution in [-0.2, 0) is 28.1 Å². The number of ether oxygens (including phenoxy) is 1. The minimum Gasteiger partial charge on any atom is -0.465 e. The number of hydrogen-bond donors (Lipinski definition) is 0. The molecule has 1 aliphatic heterocycles. The molecular formula is C20H12F9NO3. The molecule has 0 bridgehead atoms. The zero-order chi connectivity index (χ0) is 24.8. The second kappa shape index (κ2) is 8.27. The van der Waals surface area contributed by atoms with Gasteiger partial charge in [-0.15, -0.1) is 0 Å². The topological polar surface area (TPSA) is 47.9 Å². The smallest absolute Gasteiger partial charge is 0.416 e. The SMILES string of the molecule is COC(=O)c1cc(C(F)(F)F)ccc1C1=NOC(c2cc(C(F)(F)F)cc(C(F)(F)F)c2)C1. The summed E-state index contributed by atoms with van der Waals surface area (Å²) in [7, 11) is 0.920. The number of hydrogen-bond acceptors (Lipinski definition) is 4. The number of esters is 1. The van der Waals surface area contributed by atoms with Crippen molar-refractivity contribution in [2.45, 2.75) is 31.1 Å². The number of halogens is 9. The normalized spacial score (nSPS) is 16.9. The molecule has 0 radical (unpaired) electrons. The Morgan fingerprint density at radius 1 is 0.879 bits per heavy atom. The maximum absolute atomic E-state index is 13.1. The predicted octanol–water partition coefficient (Wildman–Crippen LogP) is 6.40. The highest BCUT2D eigenvalue weighted by molar-refractivity contribution is 6.09. The lowest BCUT2D eigenvalue weighted by Crippen LogP contribution is -2.15. The standard InChI is InChI=1S/C20H12F9NO3/c1-32-17(31)14-7-10(18(21,22)23)2-3-13(14)15-8-16(33-30-15)9-4-11(19(24,25)26)6-12(5-9)20(27,28)29/h2-7,16H,8H2,1H3. The lowest BCUT2D eigenvalue weighted by molar-refractivity contribution is -0.143. The molecule has 0 spiro atoms. The Kier molecular flexibility index (Phi) is 6.11. The summed E-state index contributed by atoms with van der Waals surface area (Å²) in [5, 5.41) is 3.58. The first-order valence-corrected chi connectivity index (χ1v) is 8.93. The quantitative estimate of drug-likeness (QED) is 0.374. The minimum absolute atomic E-state index is 0.0502. The van der Waals surface area contributed by atoms with Gasteiger partial charge in [-0.25, -0.2) is 4.79 Å². The largest absolute Gasteiger partial charge is 0.465 e. The molecule has 0 saturated heterocycles. The molecule has 2 aromatic rings. The summed E-state index contributed by atoms with van der Waals surface area (Å²) in [6, 6.07) is 2.92. The van der Waals surface area contributed by atoms with Gasteiger partial charge in [0.2, 0.25) is 0 Å². The van der Waals surface area contributed by atoms with Crippen LogP contribution in [-0.4, -0.2) is 18.8 Å². The van der Waals surface area contributed by atoms with E-state index in [1.165, 1.54) is 0 Å². The van der Waals surface area contributed by atoms with Crippen LogP contribution in [0.4, 0.5) is 39.5 Å². The molecule has 4 nitrogen and oxygen atoms in total. The molecule has 0 fully saturated rings. The van der Waals surface area contributed by atoms with Gasteiger partial charge in [-0.2, -0.15) is 39.5 Å². The van der Waals surface area contributed by atoms with E-state index in [2.05, 4.69) is 9.89 Å². The third-order valence-corrected chi connectivity index (χ3v) is 4.71. The van der Waals surface area contributed by atoms with E-state index in [1.807, 2.05) is 0 Å². The Labute approximate surface area is 179 Å². The van der Waals surface area contributed by atoms with Gasteiger partial charge in [-0.3, -0.25) is 0 Å². The van der Waals surface area contributed by atoms with E-state index >= 15 is 0 Å². The molecule has 33 heavy (non-hydrogen) atoms. The molecule has 1 aliphatic rings. The van der Waals surface area contributed by atoms with Crippen molar-refractivity contribution in [3.05, 3.63) is 69.8 Å². The van der Waals surface area contributed by atoms with Crippen LogP contribution < -0.4 is 0 Å². The minimum atomic E-state index is -5.08. The third kappa shape index (κ3) is 5.22. The van der Waals surface area contributed by atoms with Gasteiger partial charge in [0.1, 0.15) is 0 Å². The van der Waals surface area contributed by atoms with Crippen molar-refractivity contribution in [2.24, 2.45) is 5.16 Å². The van der Waals surface area contributed by atoms with Crippen LogP contribution in [0.25, 0.3) is 0 Å². The van der Waals surface area contributed by atoms with Crippen LogP contribution in [0.2, 0.25) is 0 Å². The van der Waals surface area contributed by atoms with Crippen LogP contribution in [0.3, 0.4) is 0 Å². The lowest BCUT2D eigenvalue weighted by atomic mass is 9.93. The van der Waals surface area contributed by atoms with Crippen molar-refractivity contribution in [3.8, 4) is 0 Å².